The fraction of sp³-hybridized carbons (Fsp3) is 0.222. The topological polar surface area (TPSA) is 113 Å². The number of hydrogen-bond donors (Lipinski definition) is 1. The van der Waals surface area contributed by atoms with Crippen LogP contribution in [0.25, 0.3) is 22.8 Å². The first-order valence-corrected chi connectivity index (χ1v) is 8.12. The molecule has 140 valence electrons. The van der Waals surface area contributed by atoms with Crippen molar-refractivity contribution in [3.63, 3.8) is 0 Å². The van der Waals surface area contributed by atoms with E-state index in [9.17, 15) is 10.1 Å². The number of anilines is 1. The number of nitrogens with one attached hydrogen (secondary N) is 1. The molecule has 0 saturated carbocycles. The number of methoxy groups -OCH3 is 2. The van der Waals surface area contributed by atoms with Gasteiger partial charge < -0.3 is 19.3 Å². The average molecular weight is 370 g/mol. The van der Waals surface area contributed by atoms with Crippen molar-refractivity contribution in [2.45, 2.75) is 0 Å². The molecular formula is C18H18N4O5. The Hall–Kier alpha value is -3.46. The number of rotatable bonds is 8. The van der Waals surface area contributed by atoms with Crippen molar-refractivity contribution in [2.75, 3.05) is 32.7 Å². The molecule has 0 radical (unpaired) electrons. The van der Waals surface area contributed by atoms with Crippen LogP contribution in [-0.4, -0.2) is 42.4 Å². The largest absolute Gasteiger partial charge is 0.497 e. The molecule has 3 rings (SSSR count). The second-order valence-corrected chi connectivity index (χ2v) is 5.56. The van der Waals surface area contributed by atoms with Gasteiger partial charge in [-0.15, -0.1) is 0 Å². The lowest BCUT2D eigenvalue weighted by atomic mass is 10.1. The van der Waals surface area contributed by atoms with E-state index in [0.29, 0.717) is 30.2 Å². The van der Waals surface area contributed by atoms with Gasteiger partial charge in [0.25, 0.3) is 11.6 Å². The van der Waals surface area contributed by atoms with Gasteiger partial charge in [-0.3, -0.25) is 10.1 Å². The molecule has 0 amide bonds. The lowest BCUT2D eigenvalue weighted by Gasteiger charge is -2.07. The van der Waals surface area contributed by atoms with E-state index in [1.54, 1.807) is 50.6 Å². The molecule has 27 heavy (non-hydrogen) atoms. The van der Waals surface area contributed by atoms with Crippen LogP contribution >= 0.6 is 0 Å². The Morgan fingerprint density at radius 3 is 2.56 bits per heavy atom. The zero-order chi connectivity index (χ0) is 19.2. The molecule has 2 aromatic carbocycles. The highest BCUT2D eigenvalue weighted by Crippen LogP contribution is 2.31. The summed E-state index contributed by atoms with van der Waals surface area (Å²) in [5.74, 6) is 1.31. The molecule has 1 aromatic heterocycles. The van der Waals surface area contributed by atoms with Gasteiger partial charge in [0.15, 0.2) is 0 Å². The van der Waals surface area contributed by atoms with Crippen LogP contribution in [0, 0.1) is 10.1 Å². The number of nitro groups is 1. The van der Waals surface area contributed by atoms with E-state index in [4.69, 9.17) is 14.0 Å². The minimum Gasteiger partial charge on any atom is -0.497 e. The van der Waals surface area contributed by atoms with Gasteiger partial charge in [-0.2, -0.15) is 4.98 Å². The molecule has 0 fully saturated rings. The maximum Gasteiger partial charge on any atom is 0.293 e. The van der Waals surface area contributed by atoms with E-state index in [0.717, 1.165) is 11.3 Å². The fourth-order valence-corrected chi connectivity index (χ4v) is 2.45. The normalized spacial score (nSPS) is 10.6. The smallest absolute Gasteiger partial charge is 0.293 e. The van der Waals surface area contributed by atoms with Gasteiger partial charge in [-0.1, -0.05) is 5.16 Å². The Morgan fingerprint density at radius 2 is 1.89 bits per heavy atom. The molecule has 3 aromatic rings. The summed E-state index contributed by atoms with van der Waals surface area (Å²) in [4.78, 5) is 15.3. The molecule has 0 saturated heterocycles. The van der Waals surface area contributed by atoms with E-state index in [1.807, 2.05) is 0 Å². The number of hydrogen-bond acceptors (Lipinski definition) is 8. The molecule has 0 spiro atoms. The molecule has 0 atom stereocenters. The molecule has 0 bridgehead atoms. The summed E-state index contributed by atoms with van der Waals surface area (Å²) >= 11 is 0. The van der Waals surface area contributed by atoms with Gasteiger partial charge in [-0.05, 0) is 36.4 Å². The minimum atomic E-state index is -0.459. The van der Waals surface area contributed by atoms with E-state index >= 15 is 0 Å². The van der Waals surface area contributed by atoms with Crippen molar-refractivity contribution in [1.29, 1.82) is 0 Å². The van der Waals surface area contributed by atoms with Gasteiger partial charge in [0.2, 0.25) is 5.82 Å². The molecule has 1 heterocycles. The van der Waals surface area contributed by atoms with Crippen LogP contribution in [0.2, 0.25) is 0 Å². The van der Waals surface area contributed by atoms with Crippen LogP contribution in [0.5, 0.6) is 5.75 Å². The fourth-order valence-electron chi connectivity index (χ4n) is 2.45. The lowest BCUT2D eigenvalue weighted by Crippen LogP contribution is -2.09. The van der Waals surface area contributed by atoms with Gasteiger partial charge in [-0.25, -0.2) is 0 Å². The second kappa shape index (κ2) is 8.28. The second-order valence-electron chi connectivity index (χ2n) is 5.56. The van der Waals surface area contributed by atoms with Crippen LogP contribution in [0.4, 0.5) is 11.4 Å². The Kier molecular flexibility index (Phi) is 5.62. The number of nitrogens with zero attached hydrogens (tertiary/aromatic N) is 3. The Balaban J connectivity index is 1.86. The third-order valence-corrected chi connectivity index (χ3v) is 3.84. The van der Waals surface area contributed by atoms with Crippen molar-refractivity contribution in [3.8, 4) is 28.6 Å². The maximum absolute atomic E-state index is 11.4. The zero-order valence-corrected chi connectivity index (χ0v) is 14.8. The van der Waals surface area contributed by atoms with E-state index < -0.39 is 4.92 Å². The van der Waals surface area contributed by atoms with Crippen molar-refractivity contribution < 1.29 is 18.9 Å². The van der Waals surface area contributed by atoms with Gasteiger partial charge in [0.05, 0.1) is 18.6 Å². The van der Waals surface area contributed by atoms with E-state index in [-0.39, 0.29) is 11.6 Å². The standard InChI is InChI=1S/C18H18N4O5/c1-25-10-9-19-15-8-5-13(11-16(15)22(23)24)18-20-17(21-27-18)12-3-6-14(26-2)7-4-12/h3-8,11,19H,9-10H2,1-2H3. The Morgan fingerprint density at radius 1 is 1.15 bits per heavy atom. The summed E-state index contributed by atoms with van der Waals surface area (Å²) in [7, 11) is 3.15. The third kappa shape index (κ3) is 4.21. The van der Waals surface area contributed by atoms with Crippen LogP contribution in [0.15, 0.2) is 47.0 Å². The summed E-state index contributed by atoms with van der Waals surface area (Å²) in [6.45, 7) is 0.895. The van der Waals surface area contributed by atoms with Gasteiger partial charge in [0, 0.05) is 30.8 Å². The Labute approximate surface area is 155 Å². The first-order valence-electron chi connectivity index (χ1n) is 8.12. The first-order chi connectivity index (χ1) is 13.1. The summed E-state index contributed by atoms with van der Waals surface area (Å²) in [6.07, 6.45) is 0. The number of benzene rings is 2. The first kappa shape index (κ1) is 18.3. The highest BCUT2D eigenvalue weighted by atomic mass is 16.6. The van der Waals surface area contributed by atoms with Crippen molar-refractivity contribution in [2.24, 2.45) is 0 Å². The summed E-state index contributed by atoms with van der Waals surface area (Å²) in [5, 5.41) is 18.3. The van der Waals surface area contributed by atoms with E-state index in [1.165, 1.54) is 6.07 Å². The molecule has 9 nitrogen and oxygen atoms in total. The van der Waals surface area contributed by atoms with E-state index in [2.05, 4.69) is 15.5 Å². The molecular weight excluding hydrogens is 352 g/mol. The average Bonchev–Trinajstić information content (AvgIpc) is 3.18. The highest BCUT2D eigenvalue weighted by molar-refractivity contribution is 5.70. The van der Waals surface area contributed by atoms with Crippen LogP contribution in [0.3, 0.4) is 0 Å². The Bertz CT molecular complexity index is 924. The summed E-state index contributed by atoms with van der Waals surface area (Å²) in [6, 6.07) is 11.9. The quantitative estimate of drug-likeness (QED) is 0.365. The molecule has 0 unspecified atom stereocenters. The number of nitro benzene ring substituents is 1. The molecule has 9 heteroatoms. The van der Waals surface area contributed by atoms with Crippen molar-refractivity contribution in [3.05, 3.63) is 52.6 Å². The molecule has 0 aliphatic carbocycles. The lowest BCUT2D eigenvalue weighted by molar-refractivity contribution is -0.383. The van der Waals surface area contributed by atoms with Crippen molar-refractivity contribution in [1.82, 2.24) is 10.1 Å². The van der Waals surface area contributed by atoms with Gasteiger partial charge in [0.1, 0.15) is 11.4 Å². The van der Waals surface area contributed by atoms with Crippen LogP contribution in [0.1, 0.15) is 0 Å². The molecule has 1 N–H and O–H groups in total. The van der Waals surface area contributed by atoms with Crippen LogP contribution in [-0.2, 0) is 4.74 Å². The zero-order valence-electron chi connectivity index (χ0n) is 14.8. The maximum atomic E-state index is 11.4. The summed E-state index contributed by atoms with van der Waals surface area (Å²) < 4.78 is 15.3. The SMILES string of the molecule is COCCNc1ccc(-c2nc(-c3ccc(OC)cc3)no2)cc1[N+](=O)[O-]. The summed E-state index contributed by atoms with van der Waals surface area (Å²) in [5.41, 5.74) is 1.54. The highest BCUT2D eigenvalue weighted by Gasteiger charge is 2.18. The molecule has 0 aliphatic rings. The van der Waals surface area contributed by atoms with Crippen LogP contribution < -0.4 is 10.1 Å². The number of aromatic nitrogens is 2. The van der Waals surface area contributed by atoms with Crippen molar-refractivity contribution >= 4 is 11.4 Å². The monoisotopic (exact) mass is 370 g/mol. The van der Waals surface area contributed by atoms with Gasteiger partial charge >= 0.3 is 0 Å². The number of ether oxygens (including phenoxy) is 2. The minimum absolute atomic E-state index is 0.0761. The third-order valence-electron chi connectivity index (χ3n) is 3.84. The predicted molar refractivity (Wildman–Crippen MR) is 98.7 cm³/mol. The molecule has 0 aliphatic heterocycles. The predicted octanol–water partition coefficient (Wildman–Crippen LogP) is 3.38.